The molecule has 0 aliphatic heterocycles. The molecule has 26 heavy (non-hydrogen) atoms. The Balaban J connectivity index is 2.07. The van der Waals surface area contributed by atoms with Crippen LogP contribution in [0.2, 0.25) is 0 Å². The third-order valence-electron chi connectivity index (χ3n) is 4.00. The number of ether oxygens (including phenoxy) is 2. The second-order valence-electron chi connectivity index (χ2n) is 6.15. The number of hydrazone groups is 1. The molecule has 0 aliphatic rings. The van der Waals surface area contributed by atoms with Crippen molar-refractivity contribution in [3.05, 3.63) is 58.7 Å². The second-order valence-corrected chi connectivity index (χ2v) is 6.15. The summed E-state index contributed by atoms with van der Waals surface area (Å²) in [5.41, 5.74) is 6.89. The predicted molar refractivity (Wildman–Crippen MR) is 104 cm³/mol. The van der Waals surface area contributed by atoms with E-state index in [4.69, 9.17) is 9.47 Å². The molecule has 1 N–H and O–H groups in total. The van der Waals surface area contributed by atoms with E-state index in [1.165, 1.54) is 0 Å². The van der Waals surface area contributed by atoms with E-state index in [1.807, 2.05) is 39.8 Å². The van der Waals surface area contributed by atoms with E-state index in [0.717, 1.165) is 40.3 Å². The molecular weight excluding hydrogens is 328 g/mol. The van der Waals surface area contributed by atoms with Gasteiger partial charge in [-0.15, -0.1) is 0 Å². The Hall–Kier alpha value is -2.82. The SMILES string of the molecule is CCCOc1ccc(C(=O)N/N=C(\C)c2cc(C)c(OC)c(C)c2)cc1. The maximum absolute atomic E-state index is 12.3. The molecule has 0 fully saturated rings. The number of nitrogens with one attached hydrogen (secondary N) is 1. The third kappa shape index (κ3) is 4.85. The fraction of sp³-hybridized carbons (Fsp3) is 0.333. The van der Waals surface area contributed by atoms with E-state index in [1.54, 1.807) is 31.4 Å². The highest BCUT2D eigenvalue weighted by molar-refractivity contribution is 6.01. The minimum absolute atomic E-state index is 0.256. The van der Waals surface area contributed by atoms with Crippen molar-refractivity contribution in [2.24, 2.45) is 5.10 Å². The first kappa shape index (κ1) is 19.5. The summed E-state index contributed by atoms with van der Waals surface area (Å²) >= 11 is 0. The molecule has 0 saturated heterocycles. The minimum Gasteiger partial charge on any atom is -0.496 e. The standard InChI is InChI=1S/C21H26N2O3/c1-6-11-26-19-9-7-17(8-10-19)21(24)23-22-16(4)18-12-14(2)20(25-5)15(3)13-18/h7-10,12-13H,6,11H2,1-5H3,(H,23,24)/b22-16+. The molecule has 2 aromatic rings. The van der Waals surface area contributed by atoms with Crippen LogP contribution in [0.25, 0.3) is 0 Å². The van der Waals surface area contributed by atoms with Gasteiger partial charge in [-0.3, -0.25) is 4.79 Å². The number of benzene rings is 2. The van der Waals surface area contributed by atoms with Crippen LogP contribution in [-0.2, 0) is 0 Å². The van der Waals surface area contributed by atoms with Crippen molar-refractivity contribution in [2.45, 2.75) is 34.1 Å². The smallest absolute Gasteiger partial charge is 0.271 e. The molecule has 0 spiro atoms. The van der Waals surface area contributed by atoms with Crippen LogP contribution in [0.4, 0.5) is 0 Å². The Morgan fingerprint density at radius 3 is 2.23 bits per heavy atom. The van der Waals surface area contributed by atoms with Gasteiger partial charge in [0.05, 0.1) is 19.4 Å². The molecule has 0 saturated carbocycles. The van der Waals surface area contributed by atoms with Crippen molar-refractivity contribution in [3.8, 4) is 11.5 Å². The molecule has 5 nitrogen and oxygen atoms in total. The number of nitrogens with zero attached hydrogens (tertiary/aromatic N) is 1. The summed E-state index contributed by atoms with van der Waals surface area (Å²) < 4.78 is 10.9. The number of methoxy groups -OCH3 is 1. The van der Waals surface area contributed by atoms with Gasteiger partial charge in [0.15, 0.2) is 0 Å². The summed E-state index contributed by atoms with van der Waals surface area (Å²) in [6, 6.07) is 11.0. The molecule has 0 aromatic heterocycles. The lowest BCUT2D eigenvalue weighted by Gasteiger charge is -2.11. The number of aryl methyl sites for hydroxylation is 2. The van der Waals surface area contributed by atoms with Gasteiger partial charge in [-0.2, -0.15) is 5.10 Å². The summed E-state index contributed by atoms with van der Waals surface area (Å²) in [7, 11) is 1.66. The average Bonchev–Trinajstić information content (AvgIpc) is 2.64. The van der Waals surface area contributed by atoms with Crippen molar-refractivity contribution in [2.75, 3.05) is 13.7 Å². The van der Waals surface area contributed by atoms with E-state index in [0.29, 0.717) is 12.2 Å². The van der Waals surface area contributed by atoms with Gasteiger partial charge in [-0.25, -0.2) is 5.43 Å². The normalized spacial score (nSPS) is 11.2. The maximum atomic E-state index is 12.3. The Morgan fingerprint density at radius 1 is 1.08 bits per heavy atom. The molecule has 2 rings (SSSR count). The zero-order valence-electron chi connectivity index (χ0n) is 16.1. The summed E-state index contributed by atoms with van der Waals surface area (Å²) in [5, 5.41) is 4.23. The van der Waals surface area contributed by atoms with Crippen LogP contribution >= 0.6 is 0 Å². The van der Waals surface area contributed by atoms with Gasteiger partial charge >= 0.3 is 0 Å². The zero-order valence-corrected chi connectivity index (χ0v) is 16.1. The fourth-order valence-electron chi connectivity index (χ4n) is 2.67. The number of carbonyl (C=O) groups excluding carboxylic acids is 1. The summed E-state index contributed by atoms with van der Waals surface area (Å²) in [5.74, 6) is 1.37. The highest BCUT2D eigenvalue weighted by atomic mass is 16.5. The molecule has 1 amide bonds. The lowest BCUT2D eigenvalue weighted by atomic mass is 10.0. The van der Waals surface area contributed by atoms with Crippen LogP contribution in [0.5, 0.6) is 11.5 Å². The van der Waals surface area contributed by atoms with Gasteiger partial charge in [0.2, 0.25) is 0 Å². The van der Waals surface area contributed by atoms with Crippen LogP contribution in [0.1, 0.15) is 47.3 Å². The maximum Gasteiger partial charge on any atom is 0.271 e. The Bertz CT molecular complexity index is 772. The first-order valence-corrected chi connectivity index (χ1v) is 8.69. The summed E-state index contributed by atoms with van der Waals surface area (Å²) in [4.78, 5) is 12.3. The van der Waals surface area contributed by atoms with Gasteiger partial charge in [-0.05, 0) is 80.3 Å². The van der Waals surface area contributed by atoms with E-state index in [2.05, 4.69) is 10.5 Å². The van der Waals surface area contributed by atoms with E-state index < -0.39 is 0 Å². The molecule has 138 valence electrons. The van der Waals surface area contributed by atoms with Crippen molar-refractivity contribution in [3.63, 3.8) is 0 Å². The fourth-order valence-corrected chi connectivity index (χ4v) is 2.67. The van der Waals surface area contributed by atoms with Gasteiger partial charge in [0.25, 0.3) is 5.91 Å². The predicted octanol–water partition coefficient (Wildman–Crippen LogP) is 4.25. The number of hydrogen-bond acceptors (Lipinski definition) is 4. The highest BCUT2D eigenvalue weighted by Gasteiger charge is 2.09. The Labute approximate surface area is 155 Å². The van der Waals surface area contributed by atoms with Gasteiger partial charge in [0, 0.05) is 5.56 Å². The van der Waals surface area contributed by atoms with Crippen LogP contribution in [0.15, 0.2) is 41.5 Å². The monoisotopic (exact) mass is 354 g/mol. The number of carbonyl (C=O) groups is 1. The largest absolute Gasteiger partial charge is 0.496 e. The molecular formula is C21H26N2O3. The lowest BCUT2D eigenvalue weighted by molar-refractivity contribution is 0.0955. The highest BCUT2D eigenvalue weighted by Crippen LogP contribution is 2.24. The third-order valence-corrected chi connectivity index (χ3v) is 4.00. The average molecular weight is 354 g/mol. The molecule has 0 radical (unpaired) electrons. The van der Waals surface area contributed by atoms with Gasteiger partial charge < -0.3 is 9.47 Å². The Kier molecular flexibility index (Phi) is 6.78. The minimum atomic E-state index is -0.256. The lowest BCUT2D eigenvalue weighted by Crippen LogP contribution is -2.19. The summed E-state index contributed by atoms with van der Waals surface area (Å²) in [6.07, 6.45) is 0.945. The number of rotatable bonds is 7. The Morgan fingerprint density at radius 2 is 1.69 bits per heavy atom. The first-order chi connectivity index (χ1) is 12.5. The molecule has 0 atom stereocenters. The second kappa shape index (κ2) is 9.04. The molecule has 0 aliphatic carbocycles. The van der Waals surface area contributed by atoms with Crippen molar-refractivity contribution in [1.82, 2.24) is 5.43 Å². The number of hydrogen-bond donors (Lipinski definition) is 1. The van der Waals surface area contributed by atoms with E-state index in [9.17, 15) is 4.79 Å². The van der Waals surface area contributed by atoms with Crippen LogP contribution in [0.3, 0.4) is 0 Å². The van der Waals surface area contributed by atoms with Crippen LogP contribution in [-0.4, -0.2) is 25.3 Å². The molecule has 0 unspecified atom stereocenters. The van der Waals surface area contributed by atoms with E-state index >= 15 is 0 Å². The molecule has 2 aromatic carbocycles. The van der Waals surface area contributed by atoms with Crippen molar-refractivity contribution < 1.29 is 14.3 Å². The quantitative estimate of drug-likeness (QED) is 0.597. The molecule has 0 heterocycles. The van der Waals surface area contributed by atoms with Gasteiger partial charge in [0.1, 0.15) is 11.5 Å². The molecule has 5 heteroatoms. The molecule has 0 bridgehead atoms. The first-order valence-electron chi connectivity index (χ1n) is 8.69. The van der Waals surface area contributed by atoms with Crippen LogP contribution < -0.4 is 14.9 Å². The summed E-state index contributed by atoms with van der Waals surface area (Å²) in [6.45, 7) is 8.55. The van der Waals surface area contributed by atoms with Crippen molar-refractivity contribution >= 4 is 11.6 Å². The van der Waals surface area contributed by atoms with Crippen molar-refractivity contribution in [1.29, 1.82) is 0 Å². The topological polar surface area (TPSA) is 59.9 Å². The van der Waals surface area contributed by atoms with Gasteiger partial charge in [-0.1, -0.05) is 6.92 Å². The van der Waals surface area contributed by atoms with E-state index in [-0.39, 0.29) is 5.91 Å². The zero-order chi connectivity index (χ0) is 19.1. The number of amides is 1. The van der Waals surface area contributed by atoms with Crippen LogP contribution in [0, 0.1) is 13.8 Å².